The maximum absolute atomic E-state index is 14.9. The smallest absolute Gasteiger partial charge is 0.311 e. The van der Waals surface area contributed by atoms with Crippen molar-refractivity contribution in [3.63, 3.8) is 0 Å². The van der Waals surface area contributed by atoms with Crippen molar-refractivity contribution in [3.8, 4) is 33.8 Å². The lowest BCUT2D eigenvalue weighted by Crippen LogP contribution is -2.08. The van der Waals surface area contributed by atoms with Gasteiger partial charge in [0.05, 0.1) is 0 Å². The number of halogens is 5. The Morgan fingerprint density at radius 1 is 0.588 bits per heavy atom. The Hall–Kier alpha value is -5.31. The van der Waals surface area contributed by atoms with Gasteiger partial charge in [-0.25, -0.2) is 22.0 Å². The molecule has 0 aromatic heterocycles. The molecular weight excluding hydrogens is 663 g/mol. The van der Waals surface area contributed by atoms with Crippen LogP contribution in [-0.4, -0.2) is 11.9 Å². The predicted octanol–water partition coefficient (Wildman–Crippen LogP) is 12.2. The van der Waals surface area contributed by atoms with Crippen molar-refractivity contribution in [1.29, 1.82) is 0 Å². The van der Waals surface area contributed by atoms with Gasteiger partial charge in [-0.15, -0.1) is 0 Å². The lowest BCUT2D eigenvalue weighted by molar-refractivity contribution is -0.135. The number of ether oxygens (including phenoxy) is 2. The van der Waals surface area contributed by atoms with Crippen LogP contribution < -0.4 is 9.47 Å². The van der Waals surface area contributed by atoms with E-state index in [1.165, 1.54) is 25.1 Å². The molecule has 4 aromatic rings. The molecule has 51 heavy (non-hydrogen) atoms. The van der Waals surface area contributed by atoms with Crippen LogP contribution in [0.3, 0.4) is 0 Å². The van der Waals surface area contributed by atoms with E-state index in [0.29, 0.717) is 46.4 Å². The number of hydrogen-bond acceptors (Lipinski definition) is 4. The van der Waals surface area contributed by atoms with E-state index in [0.717, 1.165) is 62.5 Å². The summed E-state index contributed by atoms with van der Waals surface area (Å²) < 4.78 is 79.4. The van der Waals surface area contributed by atoms with Crippen molar-refractivity contribution in [3.05, 3.63) is 138 Å². The second-order valence-corrected chi connectivity index (χ2v) is 11.9. The van der Waals surface area contributed by atoms with E-state index in [2.05, 4.69) is 6.58 Å². The van der Waals surface area contributed by atoms with Crippen LogP contribution in [0, 0.1) is 17.5 Å². The summed E-state index contributed by atoms with van der Waals surface area (Å²) in [5.74, 6) is -4.72. The molecular formula is C42H39F5O4. The Balaban J connectivity index is 1.08. The first-order valence-corrected chi connectivity index (χ1v) is 16.8. The summed E-state index contributed by atoms with van der Waals surface area (Å²) in [6, 6.07) is 21.0. The van der Waals surface area contributed by atoms with Gasteiger partial charge >= 0.3 is 11.9 Å². The zero-order valence-electron chi connectivity index (χ0n) is 28.3. The summed E-state index contributed by atoms with van der Waals surface area (Å²) in [5.41, 5.74) is 2.85. The summed E-state index contributed by atoms with van der Waals surface area (Å²) in [6.45, 7) is 5.14. The van der Waals surface area contributed by atoms with E-state index in [4.69, 9.17) is 9.47 Å². The van der Waals surface area contributed by atoms with Crippen LogP contribution in [0.5, 0.6) is 11.5 Å². The third-order valence-corrected chi connectivity index (χ3v) is 8.12. The highest BCUT2D eigenvalue weighted by Gasteiger charge is 2.12. The molecule has 0 aliphatic heterocycles. The Kier molecular flexibility index (Phi) is 14.5. The topological polar surface area (TPSA) is 52.6 Å². The highest BCUT2D eigenvalue weighted by Crippen LogP contribution is 2.29. The molecule has 9 heteroatoms. The van der Waals surface area contributed by atoms with Gasteiger partial charge in [0.2, 0.25) is 0 Å². The second-order valence-electron chi connectivity index (χ2n) is 11.9. The van der Waals surface area contributed by atoms with E-state index in [9.17, 15) is 31.5 Å². The Bertz CT molecular complexity index is 1880. The molecule has 4 rings (SSSR count). The van der Waals surface area contributed by atoms with E-state index >= 15 is 0 Å². The lowest BCUT2D eigenvalue weighted by atomic mass is 10.00. The maximum atomic E-state index is 14.9. The largest absolute Gasteiger partial charge is 0.427 e. The van der Waals surface area contributed by atoms with Gasteiger partial charge in [-0.05, 0) is 96.1 Å². The Morgan fingerprint density at radius 2 is 1.12 bits per heavy atom. The van der Waals surface area contributed by atoms with Gasteiger partial charge in [0.1, 0.15) is 17.3 Å². The molecule has 0 saturated carbocycles. The summed E-state index contributed by atoms with van der Waals surface area (Å²) >= 11 is 0. The van der Waals surface area contributed by atoms with Gasteiger partial charge in [0.15, 0.2) is 23.3 Å². The minimum absolute atomic E-state index is 0.107. The molecule has 0 atom stereocenters. The highest BCUT2D eigenvalue weighted by atomic mass is 19.2. The molecule has 0 radical (unpaired) electrons. The third kappa shape index (κ3) is 11.9. The maximum Gasteiger partial charge on any atom is 0.311 e. The second kappa shape index (κ2) is 19.2. The molecule has 0 N–H and O–H groups in total. The average molecular weight is 703 g/mol. The molecule has 0 unspecified atom stereocenters. The van der Waals surface area contributed by atoms with Crippen LogP contribution in [0.15, 0.2) is 115 Å². The highest BCUT2D eigenvalue weighted by molar-refractivity contribution is 5.76. The van der Waals surface area contributed by atoms with Crippen molar-refractivity contribution < 1.29 is 41.0 Å². The van der Waals surface area contributed by atoms with Crippen molar-refractivity contribution in [2.75, 3.05) is 0 Å². The number of rotatable bonds is 17. The zero-order chi connectivity index (χ0) is 36.8. The first-order valence-electron chi connectivity index (χ1n) is 16.8. The first-order chi connectivity index (χ1) is 24.5. The fourth-order valence-corrected chi connectivity index (χ4v) is 5.28. The van der Waals surface area contributed by atoms with Crippen LogP contribution in [0.2, 0.25) is 0 Å². The fraction of sp³-hybridized carbons (Fsp3) is 0.238. The predicted molar refractivity (Wildman–Crippen MR) is 190 cm³/mol. The average Bonchev–Trinajstić information content (AvgIpc) is 3.12. The normalized spacial score (nSPS) is 11.7. The van der Waals surface area contributed by atoms with Gasteiger partial charge in [-0.2, -0.15) is 0 Å². The molecule has 0 spiro atoms. The van der Waals surface area contributed by atoms with E-state index in [-0.39, 0.29) is 30.1 Å². The molecule has 0 heterocycles. The molecule has 0 aliphatic rings. The van der Waals surface area contributed by atoms with Gasteiger partial charge in [-0.1, -0.05) is 81.1 Å². The van der Waals surface area contributed by atoms with Crippen LogP contribution in [-0.2, 0) is 9.59 Å². The molecule has 4 nitrogen and oxygen atoms in total. The first kappa shape index (κ1) is 38.5. The van der Waals surface area contributed by atoms with Crippen LogP contribution in [0.4, 0.5) is 22.0 Å². The van der Waals surface area contributed by atoms with Crippen LogP contribution in [0.25, 0.3) is 27.8 Å². The van der Waals surface area contributed by atoms with Crippen molar-refractivity contribution in [2.24, 2.45) is 0 Å². The van der Waals surface area contributed by atoms with E-state index in [1.54, 1.807) is 48.5 Å². The monoisotopic (exact) mass is 702 g/mol. The van der Waals surface area contributed by atoms with Crippen molar-refractivity contribution in [1.82, 2.24) is 0 Å². The molecule has 0 fully saturated rings. The Labute approximate surface area is 294 Å². The van der Waals surface area contributed by atoms with Gasteiger partial charge in [-0.3, -0.25) is 9.59 Å². The lowest BCUT2D eigenvalue weighted by Gasteiger charge is -2.09. The molecule has 0 saturated heterocycles. The Morgan fingerprint density at radius 3 is 1.69 bits per heavy atom. The summed E-state index contributed by atoms with van der Waals surface area (Å²) in [7, 11) is 0. The number of esters is 2. The summed E-state index contributed by atoms with van der Waals surface area (Å²) in [5, 5.41) is 0. The SMILES string of the molecule is C=C(/C=C(F)\C(F)=C/C)c1ccc(-c2ccc(OC(=O)CCCCCCCCCC(=O)Oc3ccc(-c4ccc(F)c(F)c4)cc3)cc2F)cc1. The molecule has 0 bridgehead atoms. The minimum Gasteiger partial charge on any atom is -0.427 e. The van der Waals surface area contributed by atoms with Crippen LogP contribution in [0.1, 0.15) is 70.3 Å². The minimum atomic E-state index is -1.03. The van der Waals surface area contributed by atoms with Gasteiger partial charge < -0.3 is 9.47 Å². The van der Waals surface area contributed by atoms with Gasteiger partial charge in [0.25, 0.3) is 0 Å². The number of benzene rings is 4. The molecule has 4 aromatic carbocycles. The number of allylic oxidation sites excluding steroid dienone is 5. The quantitative estimate of drug-likeness (QED) is 0.0361. The number of unbranched alkanes of at least 4 members (excludes halogenated alkanes) is 6. The summed E-state index contributed by atoms with van der Waals surface area (Å²) in [6.07, 6.45) is 8.34. The van der Waals surface area contributed by atoms with Gasteiger partial charge in [0, 0.05) is 24.5 Å². The molecule has 266 valence electrons. The third-order valence-electron chi connectivity index (χ3n) is 8.12. The van der Waals surface area contributed by atoms with Crippen molar-refractivity contribution in [2.45, 2.75) is 64.7 Å². The number of hydrogen-bond donors (Lipinski definition) is 0. The standard InChI is InChI=1S/C42H39F5O4/c1-3-36(43)39(46)25-28(2)29-13-15-31(16-14-29)35-23-22-34(27-38(35)45)51-42(49)12-10-8-6-4-5-7-9-11-41(48)50-33-20-17-30(18-21-33)32-19-24-37(44)40(47)26-32/h3,13-27H,2,4-12H2,1H3/b36-3+,39-25+. The van der Waals surface area contributed by atoms with E-state index in [1.807, 2.05) is 0 Å². The molecule has 0 aliphatic carbocycles. The zero-order valence-corrected chi connectivity index (χ0v) is 28.3. The number of carbonyl (C=O) groups is 2. The van der Waals surface area contributed by atoms with E-state index < -0.39 is 35.1 Å². The van der Waals surface area contributed by atoms with Crippen molar-refractivity contribution >= 4 is 17.5 Å². The molecule has 0 amide bonds. The van der Waals surface area contributed by atoms with Crippen LogP contribution >= 0.6 is 0 Å². The summed E-state index contributed by atoms with van der Waals surface area (Å²) in [4.78, 5) is 24.5. The number of carbonyl (C=O) groups excluding carboxylic acids is 2. The fourth-order valence-electron chi connectivity index (χ4n) is 5.28.